The molecule has 1 aliphatic heterocycles. The molecule has 8 nitrogen and oxygen atoms in total. The Labute approximate surface area is 165 Å². The molecule has 2 N–H and O–H groups in total. The lowest BCUT2D eigenvalue weighted by Crippen LogP contribution is -2.50. The Hall–Kier alpha value is -2.26. The maximum Gasteiger partial charge on any atom is 0.326 e. The zero-order chi connectivity index (χ0) is 21.1. The predicted molar refractivity (Wildman–Crippen MR) is 102 cm³/mol. The van der Waals surface area contributed by atoms with E-state index in [0.717, 1.165) is 0 Å². The number of hydrogen-bond donors (Lipinski definition) is 2. The third-order valence-corrected chi connectivity index (χ3v) is 6.76. The lowest BCUT2D eigenvalue weighted by atomic mass is 9.97. The molecule has 0 saturated carbocycles. The first-order valence-corrected chi connectivity index (χ1v) is 10.6. The van der Waals surface area contributed by atoms with Crippen LogP contribution in [0.5, 0.6) is 0 Å². The number of carbonyl (C=O) groups excluding carboxylic acids is 2. The third-order valence-electron chi connectivity index (χ3n) is 4.88. The summed E-state index contributed by atoms with van der Waals surface area (Å²) in [4.78, 5) is 35.2. The molecule has 0 bridgehead atoms. The molecule has 1 aromatic rings. The fourth-order valence-corrected chi connectivity index (χ4v) is 4.69. The second kappa shape index (κ2) is 8.83. The van der Waals surface area contributed by atoms with Gasteiger partial charge in [-0.1, -0.05) is 26.0 Å². The van der Waals surface area contributed by atoms with E-state index in [0.29, 0.717) is 18.4 Å². The summed E-state index contributed by atoms with van der Waals surface area (Å²) < 4.78 is 27.0. The highest BCUT2D eigenvalue weighted by molar-refractivity contribution is 7.89. The number of carboxylic acids is 1. The van der Waals surface area contributed by atoms with Crippen molar-refractivity contribution < 1.29 is 27.9 Å². The number of benzene rings is 1. The number of hydrogen-bond acceptors (Lipinski definition) is 5. The second-order valence-electron chi connectivity index (χ2n) is 7.35. The van der Waals surface area contributed by atoms with Crippen molar-refractivity contribution in [2.45, 2.75) is 44.6 Å². The quantitative estimate of drug-likeness (QED) is 0.658. The van der Waals surface area contributed by atoms with Crippen LogP contribution in [0.2, 0.25) is 0 Å². The summed E-state index contributed by atoms with van der Waals surface area (Å²) >= 11 is 0. The molecule has 2 atom stereocenters. The number of piperidine rings is 1. The Morgan fingerprint density at radius 3 is 2.29 bits per heavy atom. The highest BCUT2D eigenvalue weighted by Gasteiger charge is 2.35. The highest BCUT2D eigenvalue weighted by atomic mass is 32.2. The molecule has 28 heavy (non-hydrogen) atoms. The molecule has 0 aliphatic carbocycles. The van der Waals surface area contributed by atoms with E-state index < -0.39 is 33.9 Å². The molecular formula is C19H26N2O6S. The van der Waals surface area contributed by atoms with E-state index in [-0.39, 0.29) is 29.7 Å². The minimum atomic E-state index is -3.81. The van der Waals surface area contributed by atoms with E-state index in [2.05, 4.69) is 5.32 Å². The maximum atomic E-state index is 12.9. The van der Waals surface area contributed by atoms with Crippen LogP contribution in [0.3, 0.4) is 0 Å². The zero-order valence-electron chi connectivity index (χ0n) is 16.2. The van der Waals surface area contributed by atoms with Crippen LogP contribution >= 0.6 is 0 Å². The Morgan fingerprint density at radius 1 is 1.18 bits per heavy atom. The van der Waals surface area contributed by atoms with Crippen molar-refractivity contribution in [1.29, 1.82) is 0 Å². The fraction of sp³-hybridized carbons (Fsp3) is 0.526. The topological polar surface area (TPSA) is 121 Å². The third kappa shape index (κ3) is 4.96. The van der Waals surface area contributed by atoms with Crippen LogP contribution in [0, 0.1) is 11.8 Å². The maximum absolute atomic E-state index is 12.9. The molecule has 1 aromatic carbocycles. The highest BCUT2D eigenvalue weighted by Crippen LogP contribution is 2.24. The van der Waals surface area contributed by atoms with Gasteiger partial charge in [-0.25, -0.2) is 13.2 Å². The molecule has 9 heteroatoms. The lowest BCUT2D eigenvalue weighted by molar-refractivity contribution is -0.144. The van der Waals surface area contributed by atoms with Crippen LogP contribution < -0.4 is 5.32 Å². The minimum Gasteiger partial charge on any atom is -0.480 e. The number of carboxylic acid groups (broad SMARTS) is 1. The number of sulfonamides is 1. The van der Waals surface area contributed by atoms with Gasteiger partial charge in [-0.3, -0.25) is 9.59 Å². The van der Waals surface area contributed by atoms with E-state index in [9.17, 15) is 27.9 Å². The SMILES string of the molecule is CC(=O)c1ccc(S(=O)(=O)N2CCC[C@@H](C(=O)N[C@H](C(=O)O)C(C)C)C2)cc1. The van der Waals surface area contributed by atoms with Gasteiger partial charge in [0.2, 0.25) is 15.9 Å². The van der Waals surface area contributed by atoms with Gasteiger partial charge in [0.1, 0.15) is 6.04 Å². The van der Waals surface area contributed by atoms with Crippen LogP contribution in [-0.4, -0.2) is 54.6 Å². The fourth-order valence-electron chi connectivity index (χ4n) is 3.17. The van der Waals surface area contributed by atoms with Gasteiger partial charge in [0.25, 0.3) is 0 Å². The summed E-state index contributed by atoms with van der Waals surface area (Å²) in [6.45, 7) is 5.07. The summed E-state index contributed by atoms with van der Waals surface area (Å²) in [5.41, 5.74) is 0.420. The van der Waals surface area contributed by atoms with Crippen molar-refractivity contribution in [3.8, 4) is 0 Å². The first-order valence-electron chi connectivity index (χ1n) is 9.18. The van der Waals surface area contributed by atoms with Gasteiger partial charge in [-0.05, 0) is 37.8 Å². The Kier molecular flexibility index (Phi) is 6.95. The average Bonchev–Trinajstić information content (AvgIpc) is 2.65. The number of nitrogens with zero attached hydrogens (tertiary/aromatic N) is 1. The largest absolute Gasteiger partial charge is 0.480 e. The number of ketones is 1. The smallest absolute Gasteiger partial charge is 0.326 e. The molecule has 2 rings (SSSR count). The van der Waals surface area contributed by atoms with Gasteiger partial charge >= 0.3 is 5.97 Å². The molecular weight excluding hydrogens is 384 g/mol. The number of carbonyl (C=O) groups is 3. The molecule has 1 saturated heterocycles. The van der Waals surface area contributed by atoms with Gasteiger partial charge < -0.3 is 10.4 Å². The van der Waals surface area contributed by atoms with Crippen LogP contribution in [0.25, 0.3) is 0 Å². The van der Waals surface area contributed by atoms with Crippen molar-refractivity contribution in [2.75, 3.05) is 13.1 Å². The van der Waals surface area contributed by atoms with Crippen molar-refractivity contribution in [2.24, 2.45) is 11.8 Å². The van der Waals surface area contributed by atoms with Crippen molar-refractivity contribution in [1.82, 2.24) is 9.62 Å². The summed E-state index contributed by atoms with van der Waals surface area (Å²) in [6.07, 6.45) is 0.994. The Bertz CT molecular complexity index is 848. The van der Waals surface area contributed by atoms with Gasteiger partial charge in [0, 0.05) is 18.7 Å². The van der Waals surface area contributed by atoms with Gasteiger partial charge in [-0.2, -0.15) is 4.31 Å². The van der Waals surface area contributed by atoms with E-state index >= 15 is 0 Å². The molecule has 0 spiro atoms. The van der Waals surface area contributed by atoms with Crippen LogP contribution in [0.15, 0.2) is 29.2 Å². The first-order chi connectivity index (χ1) is 13.0. The van der Waals surface area contributed by atoms with Crippen molar-refractivity contribution in [3.05, 3.63) is 29.8 Å². The Morgan fingerprint density at radius 2 is 1.79 bits per heavy atom. The molecule has 154 valence electrons. The van der Waals surface area contributed by atoms with Crippen LogP contribution in [0.4, 0.5) is 0 Å². The summed E-state index contributed by atoms with van der Waals surface area (Å²) in [7, 11) is -3.81. The van der Waals surface area contributed by atoms with Gasteiger partial charge in [0.15, 0.2) is 5.78 Å². The predicted octanol–water partition coefficient (Wildman–Crippen LogP) is 1.52. The molecule has 1 amide bonds. The molecule has 0 unspecified atom stereocenters. The number of aliphatic carboxylic acids is 1. The standard InChI is InChI=1S/C19H26N2O6S/c1-12(2)17(19(24)25)20-18(23)15-5-4-10-21(11-15)28(26,27)16-8-6-14(7-9-16)13(3)22/h6-9,12,15,17H,4-5,10-11H2,1-3H3,(H,20,23)(H,24,25)/t15-,17+/m1/s1. The summed E-state index contributed by atoms with van der Waals surface area (Å²) in [6, 6.07) is 4.68. The van der Waals surface area contributed by atoms with E-state index in [1.54, 1.807) is 13.8 Å². The summed E-state index contributed by atoms with van der Waals surface area (Å²) in [5, 5.41) is 11.8. The average molecular weight is 410 g/mol. The first kappa shape index (κ1) is 22.0. The van der Waals surface area contributed by atoms with Crippen molar-refractivity contribution >= 4 is 27.7 Å². The monoisotopic (exact) mass is 410 g/mol. The minimum absolute atomic E-state index is 0.00688. The van der Waals surface area contributed by atoms with Gasteiger partial charge in [0.05, 0.1) is 10.8 Å². The van der Waals surface area contributed by atoms with E-state index in [1.807, 2.05) is 0 Å². The van der Waals surface area contributed by atoms with Crippen molar-refractivity contribution in [3.63, 3.8) is 0 Å². The van der Waals surface area contributed by atoms with E-state index in [1.165, 1.54) is 35.5 Å². The molecule has 1 aliphatic rings. The number of rotatable bonds is 7. The molecule has 1 fully saturated rings. The molecule has 0 aromatic heterocycles. The number of Topliss-reactive ketones (excluding diaryl/α,β-unsaturated/α-hetero) is 1. The normalized spacial score (nSPS) is 19.2. The van der Waals surface area contributed by atoms with Crippen LogP contribution in [0.1, 0.15) is 44.0 Å². The number of amides is 1. The zero-order valence-corrected chi connectivity index (χ0v) is 17.0. The Balaban J connectivity index is 2.14. The lowest BCUT2D eigenvalue weighted by Gasteiger charge is -2.32. The molecule has 1 heterocycles. The summed E-state index contributed by atoms with van der Waals surface area (Å²) in [5.74, 6) is -2.62. The molecule has 0 radical (unpaired) electrons. The van der Waals surface area contributed by atoms with Crippen LogP contribution in [-0.2, 0) is 19.6 Å². The van der Waals surface area contributed by atoms with Gasteiger partial charge in [-0.15, -0.1) is 0 Å². The number of nitrogens with one attached hydrogen (secondary N) is 1. The van der Waals surface area contributed by atoms with E-state index in [4.69, 9.17) is 0 Å². The second-order valence-corrected chi connectivity index (χ2v) is 9.29.